The molecule has 1 unspecified atom stereocenters. The Kier molecular flexibility index (Phi) is 8.78. The molecule has 1 heteroatoms. The molecule has 0 radical (unpaired) electrons. The summed E-state index contributed by atoms with van der Waals surface area (Å²) in [6.07, 6.45) is 15.8. The molecule has 1 nitrogen and oxygen atoms in total. The summed E-state index contributed by atoms with van der Waals surface area (Å²) in [7, 11) is 0. The SMILES string of the molecule is CCCCCCCCCCNC(C)C1CCC1. The van der Waals surface area contributed by atoms with Gasteiger partial charge in [-0.15, -0.1) is 0 Å². The molecule has 0 aromatic rings. The van der Waals surface area contributed by atoms with Gasteiger partial charge in [0.15, 0.2) is 0 Å². The average molecular weight is 239 g/mol. The molecule has 0 amide bonds. The van der Waals surface area contributed by atoms with E-state index in [2.05, 4.69) is 19.2 Å². The molecule has 17 heavy (non-hydrogen) atoms. The molecule has 1 aliphatic rings. The van der Waals surface area contributed by atoms with Gasteiger partial charge >= 0.3 is 0 Å². The Bertz CT molecular complexity index is 163. The number of nitrogens with one attached hydrogen (secondary N) is 1. The van der Waals surface area contributed by atoms with Gasteiger partial charge in [0.1, 0.15) is 0 Å². The van der Waals surface area contributed by atoms with Crippen LogP contribution in [0.15, 0.2) is 0 Å². The molecular weight excluding hydrogens is 206 g/mol. The summed E-state index contributed by atoms with van der Waals surface area (Å²) in [6, 6.07) is 0.772. The van der Waals surface area contributed by atoms with Gasteiger partial charge in [-0.2, -0.15) is 0 Å². The van der Waals surface area contributed by atoms with Crippen LogP contribution in [0.1, 0.15) is 84.5 Å². The zero-order valence-electron chi connectivity index (χ0n) is 12.1. The number of rotatable bonds is 11. The van der Waals surface area contributed by atoms with Gasteiger partial charge in [0.25, 0.3) is 0 Å². The van der Waals surface area contributed by atoms with Gasteiger partial charge in [-0.25, -0.2) is 0 Å². The molecule has 1 rings (SSSR count). The zero-order chi connectivity index (χ0) is 12.3. The maximum Gasteiger partial charge on any atom is 0.00669 e. The monoisotopic (exact) mass is 239 g/mol. The van der Waals surface area contributed by atoms with Crippen molar-refractivity contribution in [1.29, 1.82) is 0 Å². The first-order chi connectivity index (χ1) is 8.34. The van der Waals surface area contributed by atoms with Crippen molar-refractivity contribution >= 4 is 0 Å². The predicted molar refractivity (Wildman–Crippen MR) is 77.4 cm³/mol. The van der Waals surface area contributed by atoms with Crippen LogP contribution < -0.4 is 5.32 Å². The first-order valence-electron chi connectivity index (χ1n) is 8.08. The molecule has 0 spiro atoms. The maximum atomic E-state index is 3.70. The van der Waals surface area contributed by atoms with Crippen molar-refractivity contribution in [2.45, 2.75) is 90.5 Å². The molecule has 0 aliphatic heterocycles. The highest BCUT2D eigenvalue weighted by Crippen LogP contribution is 2.29. The third-order valence-corrected chi connectivity index (χ3v) is 4.35. The van der Waals surface area contributed by atoms with Gasteiger partial charge < -0.3 is 5.32 Å². The molecule has 0 aromatic carbocycles. The first-order valence-corrected chi connectivity index (χ1v) is 8.08. The van der Waals surface area contributed by atoms with Crippen molar-refractivity contribution in [2.24, 2.45) is 5.92 Å². The summed E-state index contributed by atoms with van der Waals surface area (Å²) in [5.74, 6) is 0.990. The van der Waals surface area contributed by atoms with Crippen molar-refractivity contribution < 1.29 is 0 Å². The Morgan fingerprint density at radius 1 is 0.941 bits per heavy atom. The van der Waals surface area contributed by atoms with E-state index < -0.39 is 0 Å². The zero-order valence-corrected chi connectivity index (χ0v) is 12.1. The number of unbranched alkanes of at least 4 members (excludes halogenated alkanes) is 7. The molecule has 1 N–H and O–H groups in total. The van der Waals surface area contributed by atoms with E-state index in [9.17, 15) is 0 Å². The lowest BCUT2D eigenvalue weighted by molar-refractivity contribution is 0.240. The highest BCUT2D eigenvalue weighted by molar-refractivity contribution is 4.79. The summed E-state index contributed by atoms with van der Waals surface area (Å²) >= 11 is 0. The Labute approximate surface area is 109 Å². The molecule has 0 bridgehead atoms. The molecule has 1 aliphatic carbocycles. The van der Waals surface area contributed by atoms with Crippen molar-refractivity contribution in [3.63, 3.8) is 0 Å². The molecule has 0 heterocycles. The van der Waals surface area contributed by atoms with E-state index >= 15 is 0 Å². The van der Waals surface area contributed by atoms with Gasteiger partial charge in [-0.3, -0.25) is 0 Å². The topological polar surface area (TPSA) is 12.0 Å². The lowest BCUT2D eigenvalue weighted by Gasteiger charge is -2.32. The standard InChI is InChI=1S/C16H33N/c1-3-4-5-6-7-8-9-10-14-17-15(2)16-12-11-13-16/h15-17H,3-14H2,1-2H3. The van der Waals surface area contributed by atoms with E-state index in [-0.39, 0.29) is 0 Å². The fourth-order valence-electron chi connectivity index (χ4n) is 2.70. The second kappa shape index (κ2) is 9.94. The highest BCUT2D eigenvalue weighted by atomic mass is 14.9. The maximum absolute atomic E-state index is 3.70. The fourth-order valence-corrected chi connectivity index (χ4v) is 2.70. The average Bonchev–Trinajstić information content (AvgIpc) is 2.24. The second-order valence-corrected chi connectivity index (χ2v) is 5.91. The first kappa shape index (κ1) is 15.0. The highest BCUT2D eigenvalue weighted by Gasteiger charge is 2.22. The Balaban J connectivity index is 1.74. The van der Waals surface area contributed by atoms with Gasteiger partial charge in [0.2, 0.25) is 0 Å². The predicted octanol–water partition coefficient (Wildman–Crippen LogP) is 4.91. The van der Waals surface area contributed by atoms with Crippen molar-refractivity contribution in [3.8, 4) is 0 Å². The Hall–Kier alpha value is -0.0400. The lowest BCUT2D eigenvalue weighted by atomic mass is 9.80. The molecule has 0 aromatic heterocycles. The largest absolute Gasteiger partial charge is 0.314 e. The van der Waals surface area contributed by atoms with Crippen LogP contribution in [0.25, 0.3) is 0 Å². The van der Waals surface area contributed by atoms with Gasteiger partial charge in [-0.05, 0) is 38.6 Å². The van der Waals surface area contributed by atoms with Crippen molar-refractivity contribution in [3.05, 3.63) is 0 Å². The summed E-state index contributed by atoms with van der Waals surface area (Å²) in [5.41, 5.74) is 0. The van der Waals surface area contributed by atoms with Gasteiger partial charge in [0, 0.05) is 6.04 Å². The second-order valence-electron chi connectivity index (χ2n) is 5.91. The number of hydrogen-bond donors (Lipinski definition) is 1. The van der Waals surface area contributed by atoms with E-state index in [1.807, 2.05) is 0 Å². The van der Waals surface area contributed by atoms with Crippen LogP contribution in [0.4, 0.5) is 0 Å². The minimum Gasteiger partial charge on any atom is -0.314 e. The van der Waals surface area contributed by atoms with E-state index in [1.54, 1.807) is 0 Å². The molecule has 0 saturated heterocycles. The van der Waals surface area contributed by atoms with E-state index in [1.165, 1.54) is 77.2 Å². The van der Waals surface area contributed by atoms with Crippen LogP contribution in [-0.4, -0.2) is 12.6 Å². The van der Waals surface area contributed by atoms with Gasteiger partial charge in [-0.1, -0.05) is 58.3 Å². The molecule has 1 atom stereocenters. The van der Waals surface area contributed by atoms with Crippen LogP contribution in [0.5, 0.6) is 0 Å². The third kappa shape index (κ3) is 7.08. The van der Waals surface area contributed by atoms with Crippen LogP contribution in [0, 0.1) is 5.92 Å². The molecular formula is C16H33N. The smallest absolute Gasteiger partial charge is 0.00669 e. The summed E-state index contributed by atoms with van der Waals surface area (Å²) in [6.45, 7) is 5.90. The Morgan fingerprint density at radius 2 is 1.53 bits per heavy atom. The quantitative estimate of drug-likeness (QED) is 0.505. The fraction of sp³-hybridized carbons (Fsp3) is 1.00. The van der Waals surface area contributed by atoms with Crippen molar-refractivity contribution in [1.82, 2.24) is 5.32 Å². The third-order valence-electron chi connectivity index (χ3n) is 4.35. The summed E-state index contributed by atoms with van der Waals surface area (Å²) in [5, 5.41) is 3.70. The van der Waals surface area contributed by atoms with E-state index in [4.69, 9.17) is 0 Å². The van der Waals surface area contributed by atoms with Crippen LogP contribution >= 0.6 is 0 Å². The van der Waals surface area contributed by atoms with Gasteiger partial charge in [0.05, 0.1) is 0 Å². The van der Waals surface area contributed by atoms with E-state index in [0.29, 0.717) is 0 Å². The summed E-state index contributed by atoms with van der Waals surface area (Å²) in [4.78, 5) is 0. The van der Waals surface area contributed by atoms with Crippen LogP contribution in [-0.2, 0) is 0 Å². The minimum atomic E-state index is 0.772. The molecule has 1 saturated carbocycles. The Morgan fingerprint density at radius 3 is 2.06 bits per heavy atom. The van der Waals surface area contributed by atoms with Crippen LogP contribution in [0.3, 0.4) is 0 Å². The van der Waals surface area contributed by atoms with E-state index in [0.717, 1.165) is 12.0 Å². The number of hydrogen-bond acceptors (Lipinski definition) is 1. The van der Waals surface area contributed by atoms with Crippen LogP contribution in [0.2, 0.25) is 0 Å². The molecule has 1 fully saturated rings. The summed E-state index contributed by atoms with van der Waals surface area (Å²) < 4.78 is 0. The minimum absolute atomic E-state index is 0.772. The molecule has 102 valence electrons. The lowest BCUT2D eigenvalue weighted by Crippen LogP contribution is -2.37. The normalized spacial score (nSPS) is 18.0. The van der Waals surface area contributed by atoms with Crippen molar-refractivity contribution in [2.75, 3.05) is 6.54 Å².